The van der Waals surface area contributed by atoms with Gasteiger partial charge in [0.1, 0.15) is 5.82 Å². The van der Waals surface area contributed by atoms with Crippen LogP contribution in [0.2, 0.25) is 0 Å². The monoisotopic (exact) mass is 396 g/mol. The first-order valence-electron chi connectivity index (χ1n) is 8.13. The molecule has 2 heterocycles. The van der Waals surface area contributed by atoms with Crippen molar-refractivity contribution in [2.75, 3.05) is 5.32 Å². The number of non-ortho nitro benzene ring substituents is 2. The molecule has 9 nitrogen and oxygen atoms in total. The van der Waals surface area contributed by atoms with E-state index in [2.05, 4.69) is 10.3 Å². The van der Waals surface area contributed by atoms with Crippen molar-refractivity contribution in [3.05, 3.63) is 101 Å². The van der Waals surface area contributed by atoms with Gasteiger partial charge in [0.15, 0.2) is 0 Å². The third-order valence-electron chi connectivity index (χ3n) is 4.36. The van der Waals surface area contributed by atoms with Crippen molar-refractivity contribution in [1.82, 2.24) is 4.98 Å². The van der Waals surface area contributed by atoms with Crippen LogP contribution in [0.15, 0.2) is 59.4 Å². The molecule has 0 amide bonds. The van der Waals surface area contributed by atoms with Gasteiger partial charge in [0.25, 0.3) is 11.4 Å². The number of H-pyrrole nitrogens is 1. The molecule has 3 aromatic rings. The van der Waals surface area contributed by atoms with Crippen LogP contribution in [-0.4, -0.2) is 14.8 Å². The van der Waals surface area contributed by atoms with E-state index in [1.165, 1.54) is 24.3 Å². The van der Waals surface area contributed by atoms with Crippen LogP contribution in [-0.2, 0) is 0 Å². The van der Waals surface area contributed by atoms with Gasteiger partial charge in [-0.1, -0.05) is 35.6 Å². The number of hydrogen-bond acceptors (Lipinski definition) is 7. The zero-order valence-corrected chi connectivity index (χ0v) is 14.9. The van der Waals surface area contributed by atoms with E-state index in [0.717, 1.165) is 11.3 Å². The lowest BCUT2D eigenvalue weighted by Gasteiger charge is -2.23. The Bertz CT molecular complexity index is 1200. The second-order valence-electron chi connectivity index (χ2n) is 6.10. The lowest BCUT2D eigenvalue weighted by Crippen LogP contribution is -2.12. The van der Waals surface area contributed by atoms with Crippen molar-refractivity contribution in [3.8, 4) is 0 Å². The van der Waals surface area contributed by atoms with E-state index in [1.807, 2.05) is 6.08 Å². The molecule has 0 bridgehead atoms. The van der Waals surface area contributed by atoms with Crippen LogP contribution in [0.3, 0.4) is 0 Å². The molecule has 2 N–H and O–H groups in total. The molecule has 2 aromatic carbocycles. The summed E-state index contributed by atoms with van der Waals surface area (Å²) in [5.41, 5.74) is 1.68. The SMILES string of the molecule is O=c1[nH]c2c(s1)C(c1cccc([N+](=O)[O-])c1)C=C(c1cccc([N+](=O)[O-])c1)N2. The number of thiazole rings is 1. The highest BCUT2D eigenvalue weighted by molar-refractivity contribution is 7.10. The van der Waals surface area contributed by atoms with E-state index >= 15 is 0 Å². The molecule has 0 fully saturated rings. The lowest BCUT2D eigenvalue weighted by molar-refractivity contribution is -0.385. The van der Waals surface area contributed by atoms with Crippen molar-refractivity contribution >= 4 is 34.2 Å². The maximum absolute atomic E-state index is 11.9. The van der Waals surface area contributed by atoms with Gasteiger partial charge in [-0.25, -0.2) is 0 Å². The zero-order chi connectivity index (χ0) is 19.8. The number of nitrogens with zero attached hydrogens (tertiary/aromatic N) is 2. The minimum atomic E-state index is -0.483. The van der Waals surface area contributed by atoms with E-state index in [-0.39, 0.29) is 16.2 Å². The molecule has 1 aliphatic rings. The number of allylic oxidation sites excluding steroid dienone is 1. The van der Waals surface area contributed by atoms with Gasteiger partial charge in [-0.05, 0) is 11.6 Å². The summed E-state index contributed by atoms with van der Waals surface area (Å²) in [6.07, 6.45) is 1.81. The first-order valence-corrected chi connectivity index (χ1v) is 8.95. The van der Waals surface area contributed by atoms with Gasteiger partial charge in [0.2, 0.25) is 0 Å². The van der Waals surface area contributed by atoms with E-state index in [0.29, 0.717) is 27.5 Å². The molecule has 1 aromatic heterocycles. The summed E-state index contributed by atoms with van der Waals surface area (Å²) in [6, 6.07) is 12.3. The quantitative estimate of drug-likeness (QED) is 0.509. The Balaban J connectivity index is 1.85. The summed E-state index contributed by atoms with van der Waals surface area (Å²) in [6.45, 7) is 0. The van der Waals surface area contributed by atoms with Crippen LogP contribution < -0.4 is 10.2 Å². The third-order valence-corrected chi connectivity index (χ3v) is 5.33. The van der Waals surface area contributed by atoms with Crippen LogP contribution >= 0.6 is 11.3 Å². The van der Waals surface area contributed by atoms with Crippen molar-refractivity contribution < 1.29 is 9.85 Å². The minimum Gasteiger partial charge on any atom is -0.341 e. The predicted molar refractivity (Wildman–Crippen MR) is 105 cm³/mol. The molecular formula is C18H12N4O5S. The molecule has 1 unspecified atom stereocenters. The first-order chi connectivity index (χ1) is 13.4. The average Bonchev–Trinajstić information content (AvgIpc) is 3.07. The Kier molecular flexibility index (Phi) is 4.24. The van der Waals surface area contributed by atoms with Crippen LogP contribution in [0.4, 0.5) is 17.2 Å². The normalized spacial score (nSPS) is 15.3. The van der Waals surface area contributed by atoms with Gasteiger partial charge >= 0.3 is 4.87 Å². The van der Waals surface area contributed by atoms with Crippen LogP contribution in [0.5, 0.6) is 0 Å². The zero-order valence-electron chi connectivity index (χ0n) is 14.1. The second kappa shape index (κ2) is 6.74. The third kappa shape index (κ3) is 3.16. The number of fused-ring (bicyclic) bond motifs is 1. The molecule has 1 atom stereocenters. The molecule has 4 rings (SSSR count). The van der Waals surface area contributed by atoms with Gasteiger partial charge in [0, 0.05) is 41.4 Å². The minimum absolute atomic E-state index is 0.0502. The fraction of sp³-hybridized carbons (Fsp3) is 0.0556. The van der Waals surface area contributed by atoms with Crippen LogP contribution in [0, 0.1) is 20.2 Å². The number of anilines is 1. The highest BCUT2D eigenvalue weighted by Crippen LogP contribution is 2.40. The molecule has 140 valence electrons. The standard InChI is InChI=1S/C18H12N4O5S/c23-18-20-17-16(28-18)14(10-3-1-5-12(7-10)21(24)25)9-15(19-17)11-4-2-6-13(8-11)22(26)27/h1-9,14,19H,(H,20,23). The van der Waals surface area contributed by atoms with Crippen molar-refractivity contribution in [1.29, 1.82) is 0 Å². The number of rotatable bonds is 4. The Labute approximate surface area is 161 Å². The van der Waals surface area contributed by atoms with Crippen molar-refractivity contribution in [2.45, 2.75) is 5.92 Å². The maximum Gasteiger partial charge on any atom is 0.306 e. The molecule has 0 spiro atoms. The molecule has 0 aliphatic carbocycles. The molecule has 10 heteroatoms. The van der Waals surface area contributed by atoms with Gasteiger partial charge in [0.05, 0.1) is 14.7 Å². The number of nitrogens with one attached hydrogen (secondary N) is 2. The smallest absolute Gasteiger partial charge is 0.306 e. The average molecular weight is 396 g/mol. The largest absolute Gasteiger partial charge is 0.341 e. The topological polar surface area (TPSA) is 131 Å². The summed E-state index contributed by atoms with van der Waals surface area (Å²) in [5, 5.41) is 25.3. The number of aromatic amines is 1. The van der Waals surface area contributed by atoms with Gasteiger partial charge in [-0.15, -0.1) is 0 Å². The first kappa shape index (κ1) is 17.6. The fourth-order valence-corrected chi connectivity index (χ4v) is 3.99. The fourth-order valence-electron chi connectivity index (χ4n) is 3.11. The number of nitro groups is 2. The number of aromatic nitrogens is 1. The lowest BCUT2D eigenvalue weighted by atomic mass is 9.92. The van der Waals surface area contributed by atoms with Crippen molar-refractivity contribution in [2.24, 2.45) is 0 Å². The highest BCUT2D eigenvalue weighted by atomic mass is 32.1. The molecule has 0 saturated carbocycles. The van der Waals surface area contributed by atoms with E-state index in [1.54, 1.807) is 24.3 Å². The molecular weight excluding hydrogens is 384 g/mol. The maximum atomic E-state index is 11.9. The number of benzene rings is 2. The predicted octanol–water partition coefficient (Wildman–Crippen LogP) is 3.85. The summed E-state index contributed by atoms with van der Waals surface area (Å²) < 4.78 is 0. The number of hydrogen-bond donors (Lipinski definition) is 2. The summed E-state index contributed by atoms with van der Waals surface area (Å²) in [5.74, 6) is 0.0740. The van der Waals surface area contributed by atoms with Gasteiger partial charge < -0.3 is 5.32 Å². The summed E-state index contributed by atoms with van der Waals surface area (Å²) >= 11 is 1.02. The van der Waals surface area contributed by atoms with E-state index in [9.17, 15) is 25.0 Å². The van der Waals surface area contributed by atoms with Gasteiger partial charge in [-0.3, -0.25) is 30.0 Å². The number of nitro benzene ring substituents is 2. The van der Waals surface area contributed by atoms with Crippen molar-refractivity contribution in [3.63, 3.8) is 0 Å². The Morgan fingerprint density at radius 3 is 2.36 bits per heavy atom. The molecule has 0 radical (unpaired) electrons. The Hall–Kier alpha value is -3.79. The van der Waals surface area contributed by atoms with E-state index < -0.39 is 15.8 Å². The molecule has 1 aliphatic heterocycles. The molecule has 0 saturated heterocycles. The van der Waals surface area contributed by atoms with E-state index in [4.69, 9.17) is 0 Å². The van der Waals surface area contributed by atoms with Crippen LogP contribution in [0.25, 0.3) is 5.70 Å². The second-order valence-corrected chi connectivity index (χ2v) is 7.11. The highest BCUT2D eigenvalue weighted by Gasteiger charge is 2.27. The Morgan fingerprint density at radius 2 is 1.64 bits per heavy atom. The van der Waals surface area contributed by atoms with Gasteiger partial charge in [-0.2, -0.15) is 0 Å². The summed E-state index contributed by atoms with van der Waals surface area (Å²) in [7, 11) is 0. The van der Waals surface area contributed by atoms with Crippen LogP contribution in [0.1, 0.15) is 21.9 Å². The molecule has 28 heavy (non-hydrogen) atoms. The summed E-state index contributed by atoms with van der Waals surface area (Å²) in [4.78, 5) is 36.3. The Morgan fingerprint density at radius 1 is 0.964 bits per heavy atom.